The Labute approximate surface area is 230 Å². The van der Waals surface area contributed by atoms with Gasteiger partial charge in [0.25, 0.3) is 5.56 Å². The molecular weight excluding hydrogens is 518 g/mol. The number of hydrogen-bond donors (Lipinski definition) is 0. The molecule has 2 aliphatic rings. The Bertz CT molecular complexity index is 1600. The average Bonchev–Trinajstić information content (AvgIpc) is 3.26. The summed E-state index contributed by atoms with van der Waals surface area (Å²) in [5, 5.41) is 0. The molecule has 3 aromatic rings. The van der Waals surface area contributed by atoms with Crippen molar-refractivity contribution in [3.8, 4) is 11.5 Å². The summed E-state index contributed by atoms with van der Waals surface area (Å²) in [4.78, 5) is 34.5. The molecule has 39 heavy (non-hydrogen) atoms. The number of ether oxygens (including phenoxy) is 4. The first-order chi connectivity index (χ1) is 19.0. The van der Waals surface area contributed by atoms with Gasteiger partial charge in [-0.05, 0) is 38.1 Å². The van der Waals surface area contributed by atoms with Crippen LogP contribution in [0, 0.1) is 0 Å². The summed E-state index contributed by atoms with van der Waals surface area (Å²) < 4.78 is 24.2. The average molecular weight is 550 g/mol. The van der Waals surface area contributed by atoms with Crippen molar-refractivity contribution < 1.29 is 23.7 Å². The maximum atomic E-state index is 14.0. The Morgan fingerprint density at radius 1 is 1.13 bits per heavy atom. The maximum absolute atomic E-state index is 14.0. The third-order valence-electron chi connectivity index (χ3n) is 6.83. The van der Waals surface area contributed by atoms with E-state index in [0.29, 0.717) is 50.9 Å². The first-order valence-corrected chi connectivity index (χ1v) is 13.6. The summed E-state index contributed by atoms with van der Waals surface area (Å²) in [6, 6.07) is 12.6. The van der Waals surface area contributed by atoms with Gasteiger partial charge in [-0.3, -0.25) is 9.36 Å². The van der Waals surface area contributed by atoms with Crippen LogP contribution in [0.4, 0.5) is 5.69 Å². The molecule has 1 unspecified atom stereocenters. The number of carbonyl (C=O) groups is 1. The zero-order valence-corrected chi connectivity index (χ0v) is 23.2. The Balaban J connectivity index is 1.65. The quantitative estimate of drug-likeness (QED) is 0.419. The number of esters is 1. The molecule has 1 saturated heterocycles. The number of thiazole rings is 1. The number of rotatable bonds is 7. The molecule has 9 nitrogen and oxygen atoms in total. The van der Waals surface area contributed by atoms with Crippen molar-refractivity contribution in [2.45, 2.75) is 19.9 Å². The Morgan fingerprint density at radius 3 is 2.59 bits per heavy atom. The lowest BCUT2D eigenvalue weighted by Crippen LogP contribution is -2.40. The highest BCUT2D eigenvalue weighted by Gasteiger charge is 2.35. The van der Waals surface area contributed by atoms with Crippen LogP contribution in [0.2, 0.25) is 0 Å². The molecule has 1 atom stereocenters. The zero-order chi connectivity index (χ0) is 27.5. The van der Waals surface area contributed by atoms with Gasteiger partial charge < -0.3 is 23.8 Å². The summed E-state index contributed by atoms with van der Waals surface area (Å²) in [7, 11) is 3.18. The fourth-order valence-corrected chi connectivity index (χ4v) is 5.99. The standard InChI is InChI=1S/C29H31N3O6S/c1-5-38-28(34)25-18(2)30-29-32(26(25)21-8-6-7-9-22(21)35-3)27(33)24(39-29)16-19-10-11-20(17-23(19)36-4)31-12-14-37-15-13-31/h6-11,16-17,26H,5,12-15H2,1-4H3. The summed E-state index contributed by atoms with van der Waals surface area (Å²) >= 11 is 1.27. The highest BCUT2D eigenvalue weighted by molar-refractivity contribution is 7.07. The SMILES string of the molecule is CCOC(=O)C1=C(C)N=c2sc(=Cc3ccc(N4CCOCC4)cc3OC)c(=O)n2C1c1ccccc1OC. The van der Waals surface area contributed by atoms with E-state index in [9.17, 15) is 9.59 Å². The van der Waals surface area contributed by atoms with E-state index < -0.39 is 12.0 Å². The first-order valence-electron chi connectivity index (χ1n) is 12.8. The fourth-order valence-electron chi connectivity index (χ4n) is 4.96. The molecule has 0 bridgehead atoms. The number of aromatic nitrogens is 1. The van der Waals surface area contributed by atoms with Gasteiger partial charge in [-0.15, -0.1) is 0 Å². The predicted octanol–water partition coefficient (Wildman–Crippen LogP) is 2.65. The number of allylic oxidation sites excluding steroid dienone is 1. The molecule has 0 saturated carbocycles. The second kappa shape index (κ2) is 11.5. The van der Waals surface area contributed by atoms with Crippen molar-refractivity contribution in [1.82, 2.24) is 4.57 Å². The maximum Gasteiger partial charge on any atom is 0.338 e. The number of methoxy groups -OCH3 is 2. The molecule has 0 aliphatic carbocycles. The van der Waals surface area contributed by atoms with E-state index in [2.05, 4.69) is 9.89 Å². The normalized spacial score (nSPS) is 17.5. The van der Waals surface area contributed by atoms with E-state index in [1.807, 2.05) is 48.5 Å². The van der Waals surface area contributed by atoms with Gasteiger partial charge in [0.2, 0.25) is 0 Å². The molecule has 3 heterocycles. The minimum atomic E-state index is -0.746. The van der Waals surface area contributed by atoms with Crippen LogP contribution in [0.3, 0.4) is 0 Å². The Morgan fingerprint density at radius 2 is 1.87 bits per heavy atom. The molecule has 2 aliphatic heterocycles. The van der Waals surface area contributed by atoms with Crippen LogP contribution in [0.1, 0.15) is 31.0 Å². The third kappa shape index (κ3) is 5.09. The van der Waals surface area contributed by atoms with Crippen molar-refractivity contribution in [2.75, 3.05) is 52.0 Å². The Hall–Kier alpha value is -3.89. The van der Waals surface area contributed by atoms with Crippen LogP contribution in [-0.4, -0.2) is 57.7 Å². The van der Waals surface area contributed by atoms with E-state index in [1.165, 1.54) is 11.3 Å². The largest absolute Gasteiger partial charge is 0.496 e. The fraction of sp³-hybridized carbons (Fsp3) is 0.345. The Kier molecular flexibility index (Phi) is 7.85. The minimum Gasteiger partial charge on any atom is -0.496 e. The van der Waals surface area contributed by atoms with Crippen molar-refractivity contribution in [3.63, 3.8) is 0 Å². The van der Waals surface area contributed by atoms with E-state index in [4.69, 9.17) is 18.9 Å². The lowest BCUT2D eigenvalue weighted by molar-refractivity contribution is -0.139. The molecule has 10 heteroatoms. The van der Waals surface area contributed by atoms with Gasteiger partial charge in [0.15, 0.2) is 4.80 Å². The van der Waals surface area contributed by atoms with E-state index >= 15 is 0 Å². The number of morpholine rings is 1. The van der Waals surface area contributed by atoms with Gasteiger partial charge in [0.05, 0.1) is 49.8 Å². The molecular formula is C29H31N3O6S. The molecule has 0 spiro atoms. The summed E-state index contributed by atoms with van der Waals surface area (Å²) in [5.74, 6) is 0.716. The van der Waals surface area contributed by atoms with Crippen molar-refractivity contribution in [2.24, 2.45) is 4.99 Å². The number of para-hydroxylation sites is 1. The number of fused-ring (bicyclic) bond motifs is 1. The number of hydrogen-bond acceptors (Lipinski definition) is 9. The lowest BCUT2D eigenvalue weighted by atomic mass is 9.95. The minimum absolute atomic E-state index is 0.207. The summed E-state index contributed by atoms with van der Waals surface area (Å²) in [6.45, 7) is 6.72. The van der Waals surface area contributed by atoms with Crippen LogP contribution in [0.5, 0.6) is 11.5 Å². The van der Waals surface area contributed by atoms with Gasteiger partial charge >= 0.3 is 5.97 Å². The van der Waals surface area contributed by atoms with Gasteiger partial charge in [0.1, 0.15) is 17.5 Å². The van der Waals surface area contributed by atoms with Gasteiger partial charge in [0, 0.05) is 36.0 Å². The molecule has 1 fully saturated rings. The van der Waals surface area contributed by atoms with E-state index in [1.54, 1.807) is 32.6 Å². The number of anilines is 1. The number of carbonyl (C=O) groups excluding carboxylic acids is 1. The van der Waals surface area contributed by atoms with Gasteiger partial charge in [-0.2, -0.15) is 0 Å². The van der Waals surface area contributed by atoms with Crippen LogP contribution in [-0.2, 0) is 14.3 Å². The lowest BCUT2D eigenvalue weighted by Gasteiger charge is -2.29. The first kappa shape index (κ1) is 26.7. The van der Waals surface area contributed by atoms with E-state index in [-0.39, 0.29) is 12.2 Å². The highest BCUT2D eigenvalue weighted by Crippen LogP contribution is 2.35. The van der Waals surface area contributed by atoms with Crippen LogP contribution in [0.15, 0.2) is 63.5 Å². The van der Waals surface area contributed by atoms with Crippen LogP contribution in [0.25, 0.3) is 6.08 Å². The highest BCUT2D eigenvalue weighted by atomic mass is 32.1. The summed E-state index contributed by atoms with van der Waals surface area (Å²) in [5.41, 5.74) is 3.05. The van der Waals surface area contributed by atoms with Crippen molar-refractivity contribution >= 4 is 29.1 Å². The molecule has 204 valence electrons. The molecule has 0 radical (unpaired) electrons. The molecule has 2 aromatic carbocycles. The van der Waals surface area contributed by atoms with Gasteiger partial charge in [-0.1, -0.05) is 29.5 Å². The number of benzene rings is 2. The van der Waals surface area contributed by atoms with Crippen LogP contribution >= 0.6 is 11.3 Å². The van der Waals surface area contributed by atoms with E-state index in [0.717, 1.165) is 24.3 Å². The zero-order valence-electron chi connectivity index (χ0n) is 22.4. The smallest absolute Gasteiger partial charge is 0.338 e. The molecule has 1 aromatic heterocycles. The molecule has 0 amide bonds. The number of nitrogens with zero attached hydrogens (tertiary/aromatic N) is 3. The van der Waals surface area contributed by atoms with Gasteiger partial charge in [-0.25, -0.2) is 9.79 Å². The second-order valence-corrected chi connectivity index (χ2v) is 10.1. The second-order valence-electron chi connectivity index (χ2n) is 9.07. The van der Waals surface area contributed by atoms with Crippen molar-refractivity contribution in [1.29, 1.82) is 0 Å². The van der Waals surface area contributed by atoms with Crippen LogP contribution < -0.4 is 29.3 Å². The monoisotopic (exact) mass is 549 g/mol. The third-order valence-corrected chi connectivity index (χ3v) is 7.81. The topological polar surface area (TPSA) is 91.6 Å². The summed E-state index contributed by atoms with van der Waals surface area (Å²) in [6.07, 6.45) is 1.81. The molecule has 0 N–H and O–H groups in total. The predicted molar refractivity (Wildman–Crippen MR) is 149 cm³/mol. The molecule has 5 rings (SSSR count). The van der Waals surface area contributed by atoms with Crippen molar-refractivity contribution in [3.05, 3.63) is 84.5 Å².